The van der Waals surface area contributed by atoms with Crippen molar-refractivity contribution in [2.45, 2.75) is 25.8 Å². The Morgan fingerprint density at radius 2 is 1.97 bits per heavy atom. The first-order valence-electron chi connectivity index (χ1n) is 10.3. The van der Waals surface area contributed by atoms with Crippen LogP contribution in [0.15, 0.2) is 42.7 Å². The van der Waals surface area contributed by atoms with Crippen molar-refractivity contribution in [1.29, 1.82) is 5.26 Å². The van der Waals surface area contributed by atoms with E-state index in [-0.39, 0.29) is 6.04 Å². The molecular weight excluding hydrogens is 449 g/mol. The van der Waals surface area contributed by atoms with E-state index in [1.54, 1.807) is 6.33 Å². The molecule has 1 aliphatic heterocycles. The van der Waals surface area contributed by atoms with E-state index in [4.69, 9.17) is 23.2 Å². The summed E-state index contributed by atoms with van der Waals surface area (Å²) in [5.74, 6) is 1.96. The van der Waals surface area contributed by atoms with Gasteiger partial charge in [0, 0.05) is 41.4 Å². The van der Waals surface area contributed by atoms with Gasteiger partial charge in [0.2, 0.25) is 0 Å². The zero-order valence-electron chi connectivity index (χ0n) is 17.3. The van der Waals surface area contributed by atoms with Gasteiger partial charge in [0.25, 0.3) is 0 Å². The molecule has 4 rings (SSSR count). The number of nitrogens with zero attached hydrogens (tertiary/aromatic N) is 5. The van der Waals surface area contributed by atoms with Crippen LogP contribution in [0.4, 0.5) is 5.82 Å². The first-order chi connectivity index (χ1) is 15.1. The maximum atomic E-state index is 9.35. The molecule has 0 aliphatic carbocycles. The third-order valence-electron chi connectivity index (χ3n) is 5.37. The summed E-state index contributed by atoms with van der Waals surface area (Å²) in [5, 5.41) is 11.6. The lowest BCUT2D eigenvalue weighted by molar-refractivity contribution is 0.319. The predicted molar refractivity (Wildman–Crippen MR) is 131 cm³/mol. The smallest absolute Gasteiger partial charge is 0.140 e. The fraction of sp³-hybridized carbons (Fsp3) is 0.348. The number of anilines is 1. The van der Waals surface area contributed by atoms with Gasteiger partial charge in [-0.05, 0) is 36.2 Å². The Morgan fingerprint density at radius 3 is 2.71 bits per heavy atom. The van der Waals surface area contributed by atoms with Gasteiger partial charge in [0.1, 0.15) is 12.1 Å². The van der Waals surface area contributed by atoms with E-state index in [0.717, 1.165) is 59.7 Å². The van der Waals surface area contributed by atoms with E-state index in [9.17, 15) is 5.26 Å². The molecule has 8 heteroatoms. The lowest BCUT2D eigenvalue weighted by Gasteiger charge is -2.40. The lowest BCUT2D eigenvalue weighted by Crippen LogP contribution is -2.50. The van der Waals surface area contributed by atoms with Gasteiger partial charge in [-0.25, -0.2) is 14.3 Å². The standard InChI is InChI=1S/C23H23Cl2N5S/c1-2-11-31-30-10-9-29(14-18(30)7-8-26)23-20-12-19(16-3-5-17(24)6-4-16)21(25)13-22(20)27-15-28-23/h3-6,12-13,15,18H,2,7,9-11,14H2,1H3. The number of nitriles is 1. The van der Waals surface area contributed by atoms with Crippen molar-refractivity contribution in [3.8, 4) is 17.2 Å². The van der Waals surface area contributed by atoms with Gasteiger partial charge in [0.15, 0.2) is 0 Å². The first kappa shape index (κ1) is 22.2. The zero-order chi connectivity index (χ0) is 21.8. The Morgan fingerprint density at radius 1 is 1.16 bits per heavy atom. The molecule has 160 valence electrons. The maximum absolute atomic E-state index is 9.35. The largest absolute Gasteiger partial charge is 0.353 e. The van der Waals surface area contributed by atoms with E-state index < -0.39 is 0 Å². The molecule has 5 nitrogen and oxygen atoms in total. The molecule has 31 heavy (non-hydrogen) atoms. The van der Waals surface area contributed by atoms with Crippen molar-refractivity contribution in [2.75, 3.05) is 30.3 Å². The van der Waals surface area contributed by atoms with Crippen LogP contribution < -0.4 is 4.90 Å². The number of rotatable bonds is 6. The number of piperazine rings is 1. The third kappa shape index (κ3) is 4.91. The monoisotopic (exact) mass is 471 g/mol. The average molecular weight is 472 g/mol. The highest BCUT2D eigenvalue weighted by Gasteiger charge is 2.29. The minimum atomic E-state index is 0.170. The summed E-state index contributed by atoms with van der Waals surface area (Å²) in [5.41, 5.74) is 2.73. The van der Waals surface area contributed by atoms with Crippen molar-refractivity contribution in [3.63, 3.8) is 0 Å². The Labute approximate surface area is 197 Å². The van der Waals surface area contributed by atoms with Gasteiger partial charge in [-0.2, -0.15) is 5.26 Å². The highest BCUT2D eigenvalue weighted by atomic mass is 35.5. The molecule has 2 heterocycles. The van der Waals surface area contributed by atoms with Gasteiger partial charge >= 0.3 is 0 Å². The van der Waals surface area contributed by atoms with Gasteiger partial charge in [-0.1, -0.05) is 54.2 Å². The van der Waals surface area contributed by atoms with Crippen molar-refractivity contribution >= 4 is 51.9 Å². The minimum Gasteiger partial charge on any atom is -0.353 e. The number of aromatic nitrogens is 2. The van der Waals surface area contributed by atoms with Crippen LogP contribution >= 0.6 is 35.1 Å². The Kier molecular flexibility index (Phi) is 7.19. The van der Waals surface area contributed by atoms with E-state index in [2.05, 4.69) is 38.2 Å². The Bertz CT molecular complexity index is 1100. The normalized spacial score (nSPS) is 17.1. The highest BCUT2D eigenvalue weighted by Crippen LogP contribution is 2.36. The molecular formula is C23H23Cl2N5S. The minimum absolute atomic E-state index is 0.170. The second-order valence-corrected chi connectivity index (χ2v) is 9.47. The van der Waals surface area contributed by atoms with Crippen molar-refractivity contribution in [1.82, 2.24) is 14.3 Å². The molecule has 0 amide bonds. The molecule has 0 saturated carbocycles. The van der Waals surface area contributed by atoms with Crippen LogP contribution in [-0.2, 0) is 0 Å². The predicted octanol–water partition coefficient (Wildman–Crippen LogP) is 6.07. The molecule has 1 aliphatic rings. The SMILES string of the molecule is CCCSN1CCN(c2ncnc3cc(Cl)c(-c4ccc(Cl)cc4)cc23)CC1CC#N. The lowest BCUT2D eigenvalue weighted by atomic mass is 10.0. The molecule has 1 fully saturated rings. The number of fused-ring (bicyclic) bond motifs is 1. The molecule has 3 aromatic rings. The maximum Gasteiger partial charge on any atom is 0.140 e. The first-order valence-corrected chi connectivity index (χ1v) is 12.0. The van der Waals surface area contributed by atoms with Gasteiger partial charge in [-0.15, -0.1) is 0 Å². The second-order valence-electron chi connectivity index (χ2n) is 7.49. The topological polar surface area (TPSA) is 56.1 Å². The van der Waals surface area contributed by atoms with E-state index in [0.29, 0.717) is 16.5 Å². The van der Waals surface area contributed by atoms with Crippen LogP contribution in [0.2, 0.25) is 10.0 Å². The summed E-state index contributed by atoms with van der Waals surface area (Å²) in [4.78, 5) is 11.4. The number of hydrogen-bond donors (Lipinski definition) is 0. The van der Waals surface area contributed by atoms with E-state index in [1.165, 1.54) is 0 Å². The van der Waals surface area contributed by atoms with Crippen molar-refractivity contribution in [2.24, 2.45) is 0 Å². The summed E-state index contributed by atoms with van der Waals surface area (Å²) in [6.07, 6.45) is 3.21. The third-order valence-corrected chi connectivity index (χ3v) is 7.34. The van der Waals surface area contributed by atoms with Crippen molar-refractivity contribution in [3.05, 3.63) is 52.8 Å². The second kappa shape index (κ2) is 10.1. The fourth-order valence-corrected chi connectivity index (χ4v) is 5.22. The summed E-state index contributed by atoms with van der Waals surface area (Å²) in [6, 6.07) is 14.1. The number of halogens is 2. The zero-order valence-corrected chi connectivity index (χ0v) is 19.6. The van der Waals surface area contributed by atoms with Crippen LogP contribution in [0.1, 0.15) is 19.8 Å². The van der Waals surface area contributed by atoms with Crippen molar-refractivity contribution < 1.29 is 0 Å². The molecule has 0 N–H and O–H groups in total. The van der Waals surface area contributed by atoms with E-state index in [1.807, 2.05) is 42.3 Å². The van der Waals surface area contributed by atoms with Gasteiger partial charge < -0.3 is 4.90 Å². The summed E-state index contributed by atoms with van der Waals surface area (Å²) in [6.45, 7) is 4.68. The van der Waals surface area contributed by atoms with Crippen LogP contribution in [0.5, 0.6) is 0 Å². The van der Waals surface area contributed by atoms with E-state index >= 15 is 0 Å². The Balaban J connectivity index is 1.70. The van der Waals surface area contributed by atoms with Crippen LogP contribution in [-0.4, -0.2) is 45.7 Å². The van der Waals surface area contributed by atoms with Gasteiger partial charge in [-0.3, -0.25) is 0 Å². The molecule has 0 bridgehead atoms. The Hall–Kier alpha value is -2.04. The number of hydrogen-bond acceptors (Lipinski definition) is 6. The molecule has 0 radical (unpaired) electrons. The van der Waals surface area contributed by atoms with Gasteiger partial charge in [0.05, 0.1) is 29.1 Å². The molecule has 2 aromatic carbocycles. The molecule has 0 spiro atoms. The summed E-state index contributed by atoms with van der Waals surface area (Å²) in [7, 11) is 0. The van der Waals surface area contributed by atoms with Crippen LogP contribution in [0.25, 0.3) is 22.0 Å². The summed E-state index contributed by atoms with van der Waals surface area (Å²) >= 11 is 14.5. The molecule has 1 aromatic heterocycles. The molecule has 1 atom stereocenters. The fourth-order valence-electron chi connectivity index (χ4n) is 3.85. The highest BCUT2D eigenvalue weighted by molar-refractivity contribution is 7.97. The number of benzene rings is 2. The van der Waals surface area contributed by atoms with Crippen LogP contribution in [0.3, 0.4) is 0 Å². The molecule has 1 saturated heterocycles. The quantitative estimate of drug-likeness (QED) is 0.406. The summed E-state index contributed by atoms with van der Waals surface area (Å²) < 4.78 is 2.36. The molecule has 1 unspecified atom stereocenters. The average Bonchev–Trinajstić information content (AvgIpc) is 2.78. The van der Waals surface area contributed by atoms with Crippen LogP contribution in [0, 0.1) is 11.3 Å².